The number of hydrogen-bond donors (Lipinski definition) is 1. The largest absolute Gasteiger partial charge is 0.435 e. The summed E-state index contributed by atoms with van der Waals surface area (Å²) >= 11 is 4.74. The van der Waals surface area contributed by atoms with Gasteiger partial charge in [-0.3, -0.25) is 0 Å². The molecule has 0 unspecified atom stereocenters. The van der Waals surface area contributed by atoms with E-state index in [0.29, 0.717) is 0 Å². The van der Waals surface area contributed by atoms with E-state index in [1.165, 1.54) is 6.07 Å². The molecular formula is C11H7F4N3S. The number of nitrogens with two attached hydrogens (primary N) is 1. The van der Waals surface area contributed by atoms with Gasteiger partial charge in [-0.1, -0.05) is 12.2 Å². The van der Waals surface area contributed by atoms with Crippen molar-refractivity contribution in [1.29, 1.82) is 0 Å². The first-order chi connectivity index (χ1) is 8.79. The van der Waals surface area contributed by atoms with Gasteiger partial charge in [0, 0.05) is 11.8 Å². The van der Waals surface area contributed by atoms with Gasteiger partial charge in [-0.15, -0.1) is 0 Å². The molecule has 0 atom stereocenters. The maximum atomic E-state index is 13.1. The Balaban J connectivity index is 2.53. The van der Waals surface area contributed by atoms with Crippen LogP contribution in [-0.4, -0.2) is 14.8 Å². The minimum atomic E-state index is -4.55. The maximum Gasteiger partial charge on any atom is 0.435 e. The lowest BCUT2D eigenvalue weighted by Gasteiger charge is -2.08. The first-order valence-corrected chi connectivity index (χ1v) is 5.42. The van der Waals surface area contributed by atoms with Crippen LogP contribution in [-0.2, 0) is 6.18 Å². The number of benzene rings is 1. The predicted molar refractivity (Wildman–Crippen MR) is 64.4 cm³/mol. The lowest BCUT2D eigenvalue weighted by atomic mass is 10.1. The Bertz CT molecular complexity index is 633. The number of thiocarbonyl (C=S) groups is 1. The van der Waals surface area contributed by atoms with Crippen molar-refractivity contribution in [2.24, 2.45) is 5.73 Å². The second-order valence-corrected chi connectivity index (χ2v) is 4.11. The van der Waals surface area contributed by atoms with Crippen molar-refractivity contribution in [3.05, 3.63) is 47.5 Å². The summed E-state index contributed by atoms with van der Waals surface area (Å²) in [4.78, 5) is -0.126. The molecular weight excluding hydrogens is 282 g/mol. The third-order valence-corrected chi connectivity index (χ3v) is 2.57. The van der Waals surface area contributed by atoms with Crippen molar-refractivity contribution in [3.63, 3.8) is 0 Å². The highest BCUT2D eigenvalue weighted by Gasteiger charge is 2.33. The molecule has 100 valence electrons. The van der Waals surface area contributed by atoms with Gasteiger partial charge in [-0.2, -0.15) is 18.3 Å². The van der Waals surface area contributed by atoms with Crippen LogP contribution in [0.25, 0.3) is 5.69 Å². The number of hydrogen-bond acceptors (Lipinski definition) is 2. The maximum absolute atomic E-state index is 13.1. The second-order valence-electron chi connectivity index (χ2n) is 3.67. The van der Waals surface area contributed by atoms with Gasteiger partial charge in [0.05, 0.1) is 5.69 Å². The van der Waals surface area contributed by atoms with E-state index in [1.807, 2.05) is 0 Å². The van der Waals surface area contributed by atoms with Crippen molar-refractivity contribution < 1.29 is 17.6 Å². The molecule has 2 rings (SSSR count). The van der Waals surface area contributed by atoms with Gasteiger partial charge in [-0.25, -0.2) is 9.07 Å². The number of aromatic nitrogens is 2. The SMILES string of the molecule is NC(=S)c1cc(F)ccc1-n1ccc(C(F)(F)F)n1. The van der Waals surface area contributed by atoms with E-state index >= 15 is 0 Å². The van der Waals surface area contributed by atoms with E-state index in [4.69, 9.17) is 18.0 Å². The van der Waals surface area contributed by atoms with E-state index in [-0.39, 0.29) is 16.2 Å². The zero-order valence-corrected chi connectivity index (χ0v) is 10.1. The van der Waals surface area contributed by atoms with Crippen LogP contribution in [0, 0.1) is 5.82 Å². The summed E-state index contributed by atoms with van der Waals surface area (Å²) in [6.45, 7) is 0. The molecule has 19 heavy (non-hydrogen) atoms. The standard InChI is InChI=1S/C11H7F4N3S/c12-6-1-2-8(7(5-6)10(16)19)18-4-3-9(17-18)11(13,14)15/h1-5H,(H2,16,19). The van der Waals surface area contributed by atoms with Crippen molar-refractivity contribution in [3.8, 4) is 5.69 Å². The molecule has 0 saturated heterocycles. The number of nitrogens with zero attached hydrogens (tertiary/aromatic N) is 2. The molecule has 0 radical (unpaired) electrons. The van der Waals surface area contributed by atoms with Gasteiger partial charge in [0.25, 0.3) is 0 Å². The molecule has 0 spiro atoms. The topological polar surface area (TPSA) is 43.8 Å². The monoisotopic (exact) mass is 289 g/mol. The molecule has 3 nitrogen and oxygen atoms in total. The zero-order valence-electron chi connectivity index (χ0n) is 9.28. The zero-order chi connectivity index (χ0) is 14.2. The lowest BCUT2D eigenvalue weighted by Crippen LogP contribution is -2.15. The van der Waals surface area contributed by atoms with Crippen molar-refractivity contribution >= 4 is 17.2 Å². The Labute approximate surface area is 110 Å². The van der Waals surface area contributed by atoms with E-state index < -0.39 is 17.7 Å². The minimum absolute atomic E-state index is 0.117. The molecule has 0 fully saturated rings. The van der Waals surface area contributed by atoms with Gasteiger partial charge < -0.3 is 5.73 Å². The fourth-order valence-electron chi connectivity index (χ4n) is 1.51. The summed E-state index contributed by atoms with van der Waals surface area (Å²) in [7, 11) is 0. The molecule has 2 N–H and O–H groups in total. The summed E-state index contributed by atoms with van der Waals surface area (Å²) in [6, 6.07) is 4.21. The van der Waals surface area contributed by atoms with Gasteiger partial charge >= 0.3 is 6.18 Å². The fourth-order valence-corrected chi connectivity index (χ4v) is 1.68. The first-order valence-electron chi connectivity index (χ1n) is 5.01. The van der Waals surface area contributed by atoms with Crippen LogP contribution in [0.15, 0.2) is 30.5 Å². The molecule has 0 aliphatic rings. The van der Waals surface area contributed by atoms with Crippen LogP contribution in [0.5, 0.6) is 0 Å². The Kier molecular flexibility index (Phi) is 3.27. The quantitative estimate of drug-likeness (QED) is 0.683. The number of halogens is 4. The Morgan fingerprint density at radius 1 is 1.26 bits per heavy atom. The predicted octanol–water partition coefficient (Wildman–Crippen LogP) is 2.66. The van der Waals surface area contributed by atoms with Crippen LogP contribution < -0.4 is 5.73 Å². The van der Waals surface area contributed by atoms with Crippen LogP contribution in [0.2, 0.25) is 0 Å². The van der Waals surface area contributed by atoms with E-state index in [2.05, 4.69) is 5.10 Å². The smallest absolute Gasteiger partial charge is 0.389 e. The molecule has 1 heterocycles. The molecule has 0 aliphatic carbocycles. The lowest BCUT2D eigenvalue weighted by molar-refractivity contribution is -0.141. The number of rotatable bonds is 2. The highest BCUT2D eigenvalue weighted by atomic mass is 32.1. The van der Waals surface area contributed by atoms with Gasteiger partial charge in [0.15, 0.2) is 5.69 Å². The van der Waals surface area contributed by atoms with Gasteiger partial charge in [0.1, 0.15) is 10.8 Å². The van der Waals surface area contributed by atoms with Crippen molar-refractivity contribution in [2.75, 3.05) is 0 Å². The molecule has 0 aliphatic heterocycles. The summed E-state index contributed by atoms with van der Waals surface area (Å²) in [5.74, 6) is -0.588. The number of alkyl halides is 3. The fraction of sp³-hybridized carbons (Fsp3) is 0.0909. The highest BCUT2D eigenvalue weighted by Crippen LogP contribution is 2.28. The average molecular weight is 289 g/mol. The third-order valence-electron chi connectivity index (χ3n) is 2.35. The van der Waals surface area contributed by atoms with Crippen molar-refractivity contribution in [2.45, 2.75) is 6.18 Å². The van der Waals surface area contributed by atoms with Crippen LogP contribution in [0.1, 0.15) is 11.3 Å². The molecule has 1 aromatic carbocycles. The van der Waals surface area contributed by atoms with Gasteiger partial charge in [-0.05, 0) is 24.3 Å². The van der Waals surface area contributed by atoms with Crippen molar-refractivity contribution in [1.82, 2.24) is 9.78 Å². The summed E-state index contributed by atoms with van der Waals surface area (Å²) in [6.07, 6.45) is -3.44. The Hall–Kier alpha value is -1.96. The van der Waals surface area contributed by atoms with E-state index in [9.17, 15) is 17.6 Å². The molecule has 1 aromatic heterocycles. The highest BCUT2D eigenvalue weighted by molar-refractivity contribution is 7.80. The summed E-state index contributed by atoms with van der Waals surface area (Å²) < 4.78 is 51.4. The molecule has 0 saturated carbocycles. The van der Waals surface area contributed by atoms with Crippen LogP contribution >= 0.6 is 12.2 Å². The molecule has 2 aromatic rings. The molecule has 8 heteroatoms. The van der Waals surface area contributed by atoms with E-state index in [0.717, 1.165) is 29.1 Å². The first kappa shape index (κ1) is 13.5. The van der Waals surface area contributed by atoms with E-state index in [1.54, 1.807) is 0 Å². The molecule has 0 bridgehead atoms. The average Bonchev–Trinajstić information content (AvgIpc) is 2.77. The van der Waals surface area contributed by atoms with Crippen LogP contribution in [0.4, 0.5) is 17.6 Å². The molecule has 0 amide bonds. The normalized spacial score (nSPS) is 11.6. The Morgan fingerprint density at radius 2 is 1.95 bits per heavy atom. The summed E-state index contributed by atoms with van der Waals surface area (Å²) in [5.41, 5.74) is 4.67. The Morgan fingerprint density at radius 3 is 2.47 bits per heavy atom. The van der Waals surface area contributed by atoms with Crippen LogP contribution in [0.3, 0.4) is 0 Å². The van der Waals surface area contributed by atoms with Gasteiger partial charge in [0.2, 0.25) is 0 Å². The minimum Gasteiger partial charge on any atom is -0.389 e. The summed E-state index contributed by atoms with van der Waals surface area (Å²) in [5, 5.41) is 3.38. The third kappa shape index (κ3) is 2.73. The second kappa shape index (κ2) is 4.61.